The molecule has 0 aliphatic heterocycles. The topological polar surface area (TPSA) is 49.3 Å². The lowest BCUT2D eigenvalue weighted by molar-refractivity contribution is 0.0695. The number of rotatable bonds is 4. The van der Waals surface area contributed by atoms with Crippen LogP contribution in [0.5, 0.6) is 0 Å². The van der Waals surface area contributed by atoms with E-state index in [2.05, 4.69) is 5.32 Å². The molecule has 3 aliphatic rings. The smallest absolute Gasteiger partial charge is 0.336 e. The molecule has 4 unspecified atom stereocenters. The summed E-state index contributed by atoms with van der Waals surface area (Å²) < 4.78 is 0. The van der Waals surface area contributed by atoms with Crippen molar-refractivity contribution in [1.82, 2.24) is 5.32 Å². The first-order chi connectivity index (χ1) is 9.25. The van der Waals surface area contributed by atoms with Gasteiger partial charge >= 0.3 is 5.97 Å². The summed E-state index contributed by atoms with van der Waals surface area (Å²) in [5.41, 5.74) is 1.34. The SMILES string of the molecule is O=C(O)c1ccccc1CNC1C2C3CCC(C3)C12. The largest absolute Gasteiger partial charge is 0.478 e. The lowest BCUT2D eigenvalue weighted by Gasteiger charge is -2.11. The summed E-state index contributed by atoms with van der Waals surface area (Å²) in [7, 11) is 0. The molecule has 3 nitrogen and oxygen atoms in total. The monoisotopic (exact) mass is 257 g/mol. The highest BCUT2D eigenvalue weighted by Gasteiger charge is 2.64. The predicted molar refractivity (Wildman–Crippen MR) is 71.8 cm³/mol. The van der Waals surface area contributed by atoms with Crippen LogP contribution in [-0.2, 0) is 6.54 Å². The van der Waals surface area contributed by atoms with E-state index in [9.17, 15) is 9.90 Å². The first kappa shape index (κ1) is 11.5. The van der Waals surface area contributed by atoms with E-state index in [4.69, 9.17) is 0 Å². The van der Waals surface area contributed by atoms with Crippen LogP contribution in [0.15, 0.2) is 24.3 Å². The molecule has 0 spiro atoms. The zero-order chi connectivity index (χ0) is 13.0. The van der Waals surface area contributed by atoms with Crippen LogP contribution < -0.4 is 5.32 Å². The summed E-state index contributed by atoms with van der Waals surface area (Å²) in [6.45, 7) is 0.694. The first-order valence-corrected chi connectivity index (χ1v) is 7.30. The van der Waals surface area contributed by atoms with Gasteiger partial charge in [-0.1, -0.05) is 18.2 Å². The van der Waals surface area contributed by atoms with Crippen LogP contribution in [0.3, 0.4) is 0 Å². The molecule has 3 saturated carbocycles. The van der Waals surface area contributed by atoms with E-state index in [0.29, 0.717) is 18.2 Å². The molecular formula is C16H19NO2. The quantitative estimate of drug-likeness (QED) is 0.871. The molecule has 0 radical (unpaired) electrons. The highest BCUT2D eigenvalue weighted by atomic mass is 16.4. The highest BCUT2D eigenvalue weighted by Crippen LogP contribution is 2.65. The van der Waals surface area contributed by atoms with Crippen molar-refractivity contribution in [3.05, 3.63) is 35.4 Å². The summed E-state index contributed by atoms with van der Waals surface area (Å²) in [4.78, 5) is 11.2. The van der Waals surface area contributed by atoms with Crippen molar-refractivity contribution in [2.45, 2.75) is 31.8 Å². The number of carboxylic acid groups (broad SMARTS) is 1. The van der Waals surface area contributed by atoms with E-state index in [-0.39, 0.29) is 0 Å². The Kier molecular flexibility index (Phi) is 2.46. The minimum Gasteiger partial charge on any atom is -0.478 e. The number of hydrogen-bond donors (Lipinski definition) is 2. The van der Waals surface area contributed by atoms with E-state index in [1.807, 2.05) is 12.1 Å². The van der Waals surface area contributed by atoms with Crippen molar-refractivity contribution in [3.8, 4) is 0 Å². The van der Waals surface area contributed by atoms with Crippen LogP contribution in [-0.4, -0.2) is 17.1 Å². The fourth-order valence-electron chi connectivity index (χ4n) is 4.71. The third-order valence-corrected chi connectivity index (χ3v) is 5.51. The van der Waals surface area contributed by atoms with Gasteiger partial charge in [0.05, 0.1) is 5.56 Å². The number of fused-ring (bicyclic) bond motifs is 5. The van der Waals surface area contributed by atoms with Gasteiger partial charge in [-0.2, -0.15) is 0 Å². The third kappa shape index (κ3) is 1.71. The molecule has 2 bridgehead atoms. The van der Waals surface area contributed by atoms with Crippen molar-refractivity contribution in [3.63, 3.8) is 0 Å². The van der Waals surface area contributed by atoms with Gasteiger partial charge in [0.2, 0.25) is 0 Å². The Morgan fingerprint density at radius 1 is 1.21 bits per heavy atom. The molecule has 4 rings (SSSR count). The van der Waals surface area contributed by atoms with Gasteiger partial charge in [-0.3, -0.25) is 0 Å². The van der Waals surface area contributed by atoms with Gasteiger partial charge in [0.25, 0.3) is 0 Å². The summed E-state index contributed by atoms with van der Waals surface area (Å²) in [6.07, 6.45) is 4.31. The van der Waals surface area contributed by atoms with Crippen molar-refractivity contribution in [2.24, 2.45) is 23.7 Å². The van der Waals surface area contributed by atoms with Crippen LogP contribution in [0.4, 0.5) is 0 Å². The Morgan fingerprint density at radius 2 is 1.89 bits per heavy atom. The van der Waals surface area contributed by atoms with Gasteiger partial charge in [0, 0.05) is 12.6 Å². The maximum Gasteiger partial charge on any atom is 0.336 e. The molecule has 3 aliphatic carbocycles. The Labute approximate surface area is 113 Å². The Hall–Kier alpha value is -1.35. The van der Waals surface area contributed by atoms with Crippen LogP contribution in [0, 0.1) is 23.7 Å². The van der Waals surface area contributed by atoms with Crippen molar-refractivity contribution in [1.29, 1.82) is 0 Å². The Balaban J connectivity index is 1.43. The molecule has 1 aromatic rings. The maximum atomic E-state index is 11.2. The zero-order valence-electron chi connectivity index (χ0n) is 10.9. The molecule has 0 saturated heterocycles. The molecular weight excluding hydrogens is 238 g/mol. The molecule has 4 atom stereocenters. The first-order valence-electron chi connectivity index (χ1n) is 7.30. The summed E-state index contributed by atoms with van der Waals surface area (Å²) in [5, 5.41) is 12.8. The fraction of sp³-hybridized carbons (Fsp3) is 0.562. The van der Waals surface area contributed by atoms with E-state index < -0.39 is 5.97 Å². The molecule has 100 valence electrons. The van der Waals surface area contributed by atoms with Crippen LogP contribution in [0.25, 0.3) is 0 Å². The molecule has 2 N–H and O–H groups in total. The van der Waals surface area contributed by atoms with Crippen LogP contribution in [0.1, 0.15) is 35.2 Å². The number of hydrogen-bond acceptors (Lipinski definition) is 2. The van der Waals surface area contributed by atoms with Gasteiger partial charge in [-0.15, -0.1) is 0 Å². The lowest BCUT2D eigenvalue weighted by atomic mass is 10.0. The number of nitrogens with one attached hydrogen (secondary N) is 1. The molecule has 3 fully saturated rings. The van der Waals surface area contributed by atoms with Crippen molar-refractivity contribution >= 4 is 5.97 Å². The molecule has 0 amide bonds. The van der Waals surface area contributed by atoms with Crippen molar-refractivity contribution < 1.29 is 9.90 Å². The average Bonchev–Trinajstić information content (AvgIpc) is 2.80. The molecule has 3 heteroatoms. The molecule has 19 heavy (non-hydrogen) atoms. The van der Waals surface area contributed by atoms with Crippen LogP contribution in [0.2, 0.25) is 0 Å². The summed E-state index contributed by atoms with van der Waals surface area (Å²) in [5.74, 6) is 2.89. The van der Waals surface area contributed by atoms with Gasteiger partial charge < -0.3 is 10.4 Å². The highest BCUT2D eigenvalue weighted by molar-refractivity contribution is 5.89. The predicted octanol–water partition coefficient (Wildman–Crippen LogP) is 2.52. The van der Waals surface area contributed by atoms with Gasteiger partial charge in [-0.25, -0.2) is 4.79 Å². The fourth-order valence-corrected chi connectivity index (χ4v) is 4.71. The van der Waals surface area contributed by atoms with Gasteiger partial charge in [0.1, 0.15) is 0 Å². The number of carbonyl (C=O) groups is 1. The van der Waals surface area contributed by atoms with Gasteiger partial charge in [0.15, 0.2) is 0 Å². The second-order valence-electron chi connectivity index (χ2n) is 6.36. The summed E-state index contributed by atoms with van der Waals surface area (Å²) >= 11 is 0. The van der Waals surface area contributed by atoms with E-state index >= 15 is 0 Å². The second kappa shape index (κ2) is 4.07. The van der Waals surface area contributed by atoms with E-state index in [1.165, 1.54) is 19.3 Å². The Morgan fingerprint density at radius 3 is 2.58 bits per heavy atom. The number of benzene rings is 1. The standard InChI is InChI=1S/C16H19NO2/c18-16(19)12-4-2-1-3-11(12)8-17-15-13-9-5-6-10(7-9)14(13)15/h1-4,9-10,13-15,17H,5-8H2,(H,18,19). The molecule has 0 heterocycles. The van der Waals surface area contributed by atoms with Crippen molar-refractivity contribution in [2.75, 3.05) is 0 Å². The minimum atomic E-state index is -0.825. The normalized spacial score (nSPS) is 38.2. The third-order valence-electron chi connectivity index (χ3n) is 5.51. The van der Waals surface area contributed by atoms with Gasteiger partial charge in [-0.05, 0) is 54.6 Å². The van der Waals surface area contributed by atoms with E-state index in [1.54, 1.807) is 12.1 Å². The number of aromatic carboxylic acids is 1. The average molecular weight is 257 g/mol. The Bertz CT molecular complexity index is 511. The maximum absolute atomic E-state index is 11.2. The zero-order valence-corrected chi connectivity index (χ0v) is 10.9. The second-order valence-corrected chi connectivity index (χ2v) is 6.36. The molecule has 0 aromatic heterocycles. The van der Waals surface area contributed by atoms with E-state index in [0.717, 1.165) is 29.2 Å². The number of carboxylic acids is 1. The van der Waals surface area contributed by atoms with Crippen LogP contribution >= 0.6 is 0 Å². The minimum absolute atomic E-state index is 0.434. The molecule has 1 aromatic carbocycles. The lowest BCUT2D eigenvalue weighted by Crippen LogP contribution is -2.23. The summed E-state index contributed by atoms with van der Waals surface area (Å²) in [6, 6.07) is 7.98.